The molecule has 1 aliphatic heterocycles. The molecule has 0 radical (unpaired) electrons. The van der Waals surface area contributed by atoms with E-state index in [1.54, 1.807) is 7.11 Å². The summed E-state index contributed by atoms with van der Waals surface area (Å²) in [6, 6.07) is 23.6. The fourth-order valence-corrected chi connectivity index (χ4v) is 4.63. The molecule has 6 nitrogen and oxygen atoms in total. The maximum Gasteiger partial charge on any atom is 0.243 e. The molecule has 1 saturated heterocycles. The predicted octanol–water partition coefficient (Wildman–Crippen LogP) is 3.99. The molecule has 2 aliphatic rings. The highest BCUT2D eigenvalue weighted by molar-refractivity contribution is 5.95. The number of nitrogens with one attached hydrogen (secondary N) is 3. The highest BCUT2D eigenvalue weighted by Gasteiger charge is 2.43. The lowest BCUT2D eigenvalue weighted by Crippen LogP contribution is -2.42. The Hall–Kier alpha value is -3.35. The van der Waals surface area contributed by atoms with Crippen molar-refractivity contribution in [2.24, 2.45) is 5.92 Å². The van der Waals surface area contributed by atoms with Crippen LogP contribution in [0.25, 0.3) is 0 Å². The number of hydrogen-bond donors (Lipinski definition) is 3. The first-order chi connectivity index (χ1) is 15.7. The highest BCUT2D eigenvalue weighted by atomic mass is 16.5. The van der Waals surface area contributed by atoms with Gasteiger partial charge in [-0.15, -0.1) is 0 Å². The van der Waals surface area contributed by atoms with Crippen LogP contribution in [-0.4, -0.2) is 19.1 Å². The summed E-state index contributed by atoms with van der Waals surface area (Å²) in [5.74, 6) is 1.81. The van der Waals surface area contributed by atoms with Crippen molar-refractivity contribution in [1.82, 2.24) is 10.9 Å². The Morgan fingerprint density at radius 3 is 2.56 bits per heavy atom. The van der Waals surface area contributed by atoms with E-state index in [1.165, 1.54) is 11.1 Å². The van der Waals surface area contributed by atoms with Gasteiger partial charge in [-0.2, -0.15) is 0 Å². The lowest BCUT2D eigenvalue weighted by atomic mass is 9.77. The number of anilines is 1. The molecule has 3 N–H and O–H groups in total. The summed E-state index contributed by atoms with van der Waals surface area (Å²) >= 11 is 0. The number of rotatable bonds is 6. The Labute approximate surface area is 187 Å². The summed E-state index contributed by atoms with van der Waals surface area (Å²) in [5.41, 5.74) is 11.0. The number of carbonyl (C=O) groups excluding carboxylic acids is 1. The minimum absolute atomic E-state index is 0.0279. The van der Waals surface area contributed by atoms with Gasteiger partial charge in [-0.1, -0.05) is 36.4 Å². The first-order valence-corrected chi connectivity index (χ1v) is 11.0. The molecular formula is C26H27N3O3. The lowest BCUT2D eigenvalue weighted by molar-refractivity contribution is -0.118. The van der Waals surface area contributed by atoms with Crippen LogP contribution >= 0.6 is 0 Å². The zero-order valence-electron chi connectivity index (χ0n) is 18.0. The number of hydrogen-bond acceptors (Lipinski definition) is 5. The van der Waals surface area contributed by atoms with E-state index in [0.717, 1.165) is 35.6 Å². The average Bonchev–Trinajstić information content (AvgIpc) is 3.28. The van der Waals surface area contributed by atoms with E-state index in [9.17, 15) is 4.79 Å². The molecule has 32 heavy (non-hydrogen) atoms. The van der Waals surface area contributed by atoms with Gasteiger partial charge in [0.05, 0.1) is 13.2 Å². The largest absolute Gasteiger partial charge is 0.497 e. The number of fused-ring (bicyclic) bond motifs is 3. The molecule has 1 aliphatic carbocycles. The van der Waals surface area contributed by atoms with Crippen LogP contribution in [0.4, 0.5) is 5.69 Å². The third-order valence-electron chi connectivity index (χ3n) is 6.34. The molecule has 0 spiro atoms. The first kappa shape index (κ1) is 20.5. The van der Waals surface area contributed by atoms with Gasteiger partial charge in [-0.25, -0.2) is 10.9 Å². The van der Waals surface area contributed by atoms with Gasteiger partial charge in [0, 0.05) is 11.6 Å². The van der Waals surface area contributed by atoms with Crippen LogP contribution in [0.2, 0.25) is 0 Å². The van der Waals surface area contributed by atoms with Crippen LogP contribution in [-0.2, 0) is 17.8 Å². The molecule has 0 bridgehead atoms. The van der Waals surface area contributed by atoms with Gasteiger partial charge in [-0.3, -0.25) is 4.79 Å². The van der Waals surface area contributed by atoms with Crippen molar-refractivity contribution < 1.29 is 14.3 Å². The van der Waals surface area contributed by atoms with Crippen molar-refractivity contribution in [3.05, 3.63) is 89.5 Å². The molecule has 0 saturated carbocycles. The molecule has 3 unspecified atom stereocenters. The SMILES string of the molecule is COc1ccc2c(c1)CCC1C(C(=O)Nc3ccc(OCc4ccccc4)cc3)NNC21. The number of amides is 1. The van der Waals surface area contributed by atoms with E-state index < -0.39 is 0 Å². The third kappa shape index (κ3) is 4.20. The van der Waals surface area contributed by atoms with Crippen molar-refractivity contribution >= 4 is 11.6 Å². The van der Waals surface area contributed by atoms with Crippen LogP contribution in [0.5, 0.6) is 11.5 Å². The standard InChI is InChI=1S/C26H27N3O3/c1-31-21-12-14-22-18(15-21)7-13-23-24(22)28-29-25(23)26(30)27-19-8-10-20(11-9-19)32-16-17-5-3-2-4-6-17/h2-6,8-12,14-15,23-25,28-29H,7,13,16H2,1H3,(H,27,30). The van der Waals surface area contributed by atoms with Crippen LogP contribution in [0, 0.1) is 5.92 Å². The number of carbonyl (C=O) groups is 1. The molecule has 3 atom stereocenters. The van der Waals surface area contributed by atoms with Crippen molar-refractivity contribution in [2.45, 2.75) is 31.5 Å². The summed E-state index contributed by atoms with van der Waals surface area (Å²) < 4.78 is 11.2. The molecule has 1 heterocycles. The first-order valence-electron chi connectivity index (χ1n) is 11.0. The normalized spacial score (nSPS) is 21.3. The summed E-state index contributed by atoms with van der Waals surface area (Å²) in [7, 11) is 1.69. The predicted molar refractivity (Wildman–Crippen MR) is 123 cm³/mol. The molecule has 1 amide bonds. The van der Waals surface area contributed by atoms with Crippen LogP contribution < -0.4 is 25.6 Å². The molecule has 3 aromatic carbocycles. The molecule has 3 aromatic rings. The zero-order valence-corrected chi connectivity index (χ0v) is 18.0. The van der Waals surface area contributed by atoms with Crippen LogP contribution in [0.3, 0.4) is 0 Å². The van der Waals surface area contributed by atoms with Crippen LogP contribution in [0.15, 0.2) is 72.8 Å². The zero-order chi connectivity index (χ0) is 21.9. The number of hydrazine groups is 1. The van der Waals surface area contributed by atoms with Gasteiger partial charge in [0.15, 0.2) is 0 Å². The third-order valence-corrected chi connectivity index (χ3v) is 6.34. The van der Waals surface area contributed by atoms with Gasteiger partial charge in [0.1, 0.15) is 24.1 Å². The molecule has 6 heteroatoms. The molecular weight excluding hydrogens is 402 g/mol. The maximum atomic E-state index is 13.0. The lowest BCUT2D eigenvalue weighted by Gasteiger charge is -2.29. The van der Waals surface area contributed by atoms with Gasteiger partial charge in [0.25, 0.3) is 0 Å². The fraction of sp³-hybridized carbons (Fsp3) is 0.269. The van der Waals surface area contributed by atoms with Crippen molar-refractivity contribution in [1.29, 1.82) is 0 Å². The second kappa shape index (κ2) is 9.02. The Morgan fingerprint density at radius 2 is 1.78 bits per heavy atom. The second-order valence-corrected chi connectivity index (χ2v) is 8.30. The number of ether oxygens (including phenoxy) is 2. The van der Waals surface area contributed by atoms with Gasteiger partial charge in [-0.05, 0) is 65.9 Å². The molecule has 164 valence electrons. The summed E-state index contributed by atoms with van der Waals surface area (Å²) in [6.07, 6.45) is 1.88. The molecule has 1 fully saturated rings. The number of benzene rings is 3. The average molecular weight is 430 g/mol. The summed E-state index contributed by atoms with van der Waals surface area (Å²) in [4.78, 5) is 13.0. The quantitative estimate of drug-likeness (QED) is 0.553. The van der Waals surface area contributed by atoms with Gasteiger partial charge in [0.2, 0.25) is 5.91 Å². The Bertz CT molecular complexity index is 1090. The number of aryl methyl sites for hydroxylation is 1. The van der Waals surface area contributed by atoms with E-state index in [2.05, 4.69) is 28.3 Å². The van der Waals surface area contributed by atoms with Crippen molar-refractivity contribution in [2.75, 3.05) is 12.4 Å². The Kier molecular flexibility index (Phi) is 5.79. The fourth-order valence-electron chi connectivity index (χ4n) is 4.63. The van der Waals surface area contributed by atoms with Crippen LogP contribution in [0.1, 0.15) is 29.2 Å². The van der Waals surface area contributed by atoms with E-state index >= 15 is 0 Å². The van der Waals surface area contributed by atoms with E-state index in [-0.39, 0.29) is 23.9 Å². The van der Waals surface area contributed by atoms with Gasteiger partial charge >= 0.3 is 0 Å². The molecule has 5 rings (SSSR count). The number of methoxy groups -OCH3 is 1. The maximum absolute atomic E-state index is 13.0. The van der Waals surface area contributed by atoms with Crippen molar-refractivity contribution in [3.8, 4) is 11.5 Å². The van der Waals surface area contributed by atoms with E-state index in [4.69, 9.17) is 9.47 Å². The van der Waals surface area contributed by atoms with Crippen molar-refractivity contribution in [3.63, 3.8) is 0 Å². The molecule has 0 aromatic heterocycles. The minimum atomic E-state index is -0.288. The Balaban J connectivity index is 1.20. The summed E-state index contributed by atoms with van der Waals surface area (Å²) in [6.45, 7) is 0.515. The smallest absolute Gasteiger partial charge is 0.243 e. The van der Waals surface area contributed by atoms with E-state index in [1.807, 2.05) is 60.7 Å². The Morgan fingerprint density at radius 1 is 1.00 bits per heavy atom. The minimum Gasteiger partial charge on any atom is -0.497 e. The summed E-state index contributed by atoms with van der Waals surface area (Å²) in [5, 5.41) is 3.04. The van der Waals surface area contributed by atoms with E-state index in [0.29, 0.717) is 6.61 Å². The topological polar surface area (TPSA) is 71.6 Å². The highest BCUT2D eigenvalue weighted by Crippen LogP contribution is 2.40. The second-order valence-electron chi connectivity index (χ2n) is 8.30. The van der Waals surface area contributed by atoms with Gasteiger partial charge < -0.3 is 14.8 Å². The monoisotopic (exact) mass is 429 g/mol.